The number of carbonyl (C=O) groups excluding carboxylic acids is 1. The number of hydrogen-bond donors (Lipinski definition) is 1. The standard InChI is InChI=1S/C24H33N5O2/c1-26(2)17-21-8-9-22(25-16-21)28-12-14-29(15-13-28)23(30)24(31)10-11-27(19-24)18-20-6-4-3-5-7-20/h3-9,16,31H,10-15,17-19H2,1-2H3. The van der Waals surface area contributed by atoms with Crippen LogP contribution in [0.3, 0.4) is 0 Å². The minimum atomic E-state index is -1.27. The van der Waals surface area contributed by atoms with E-state index in [9.17, 15) is 9.90 Å². The molecular weight excluding hydrogens is 390 g/mol. The van der Waals surface area contributed by atoms with Crippen LogP contribution in [0, 0.1) is 0 Å². The van der Waals surface area contributed by atoms with Crippen LogP contribution in [0.15, 0.2) is 48.7 Å². The highest BCUT2D eigenvalue weighted by molar-refractivity contribution is 5.86. The van der Waals surface area contributed by atoms with Crippen molar-refractivity contribution in [1.82, 2.24) is 19.7 Å². The molecule has 1 N–H and O–H groups in total. The molecule has 2 aliphatic rings. The molecule has 7 nitrogen and oxygen atoms in total. The zero-order chi connectivity index (χ0) is 21.8. The fraction of sp³-hybridized carbons (Fsp3) is 0.500. The van der Waals surface area contributed by atoms with Gasteiger partial charge in [-0.15, -0.1) is 0 Å². The first kappa shape index (κ1) is 21.7. The fourth-order valence-electron chi connectivity index (χ4n) is 4.52. The van der Waals surface area contributed by atoms with Crippen LogP contribution in [-0.2, 0) is 17.9 Å². The second-order valence-electron chi connectivity index (χ2n) is 9.02. The Hall–Kier alpha value is -2.48. The number of aromatic nitrogens is 1. The van der Waals surface area contributed by atoms with Crippen molar-refractivity contribution in [2.75, 3.05) is 58.3 Å². The molecule has 0 aliphatic carbocycles. The van der Waals surface area contributed by atoms with E-state index in [-0.39, 0.29) is 5.91 Å². The van der Waals surface area contributed by atoms with Crippen molar-refractivity contribution < 1.29 is 9.90 Å². The van der Waals surface area contributed by atoms with Gasteiger partial charge >= 0.3 is 0 Å². The Labute approximate surface area is 184 Å². The molecule has 2 aromatic rings. The van der Waals surface area contributed by atoms with E-state index in [0.29, 0.717) is 26.1 Å². The molecule has 1 aromatic heterocycles. The molecule has 31 heavy (non-hydrogen) atoms. The van der Waals surface area contributed by atoms with Crippen molar-refractivity contribution >= 4 is 11.7 Å². The molecule has 4 rings (SSSR count). The largest absolute Gasteiger partial charge is 0.379 e. The van der Waals surface area contributed by atoms with Gasteiger partial charge in [0.05, 0.1) is 0 Å². The molecule has 3 heterocycles. The van der Waals surface area contributed by atoms with Gasteiger partial charge in [-0.25, -0.2) is 4.98 Å². The Morgan fingerprint density at radius 1 is 1.03 bits per heavy atom. The topological polar surface area (TPSA) is 63.1 Å². The van der Waals surface area contributed by atoms with Crippen molar-refractivity contribution in [3.63, 3.8) is 0 Å². The van der Waals surface area contributed by atoms with E-state index in [1.165, 1.54) is 11.1 Å². The van der Waals surface area contributed by atoms with Crippen LogP contribution in [0.2, 0.25) is 0 Å². The number of amides is 1. The predicted molar refractivity (Wildman–Crippen MR) is 122 cm³/mol. The highest BCUT2D eigenvalue weighted by atomic mass is 16.3. The van der Waals surface area contributed by atoms with Gasteiger partial charge in [0.2, 0.25) is 0 Å². The number of nitrogens with zero attached hydrogens (tertiary/aromatic N) is 5. The van der Waals surface area contributed by atoms with Gasteiger partial charge in [0.25, 0.3) is 5.91 Å². The number of hydrogen-bond acceptors (Lipinski definition) is 6. The highest BCUT2D eigenvalue weighted by Crippen LogP contribution is 2.26. The second-order valence-corrected chi connectivity index (χ2v) is 9.02. The maximum Gasteiger partial charge on any atom is 0.256 e. The SMILES string of the molecule is CN(C)Cc1ccc(N2CCN(C(=O)C3(O)CCN(Cc4ccccc4)C3)CC2)nc1. The molecule has 2 fully saturated rings. The summed E-state index contributed by atoms with van der Waals surface area (Å²) in [6, 6.07) is 14.4. The number of likely N-dealkylation sites (tertiary alicyclic amines) is 1. The summed E-state index contributed by atoms with van der Waals surface area (Å²) in [7, 11) is 4.09. The van der Waals surface area contributed by atoms with Crippen LogP contribution in [0.4, 0.5) is 5.82 Å². The zero-order valence-corrected chi connectivity index (χ0v) is 18.6. The Bertz CT molecular complexity index is 865. The smallest absolute Gasteiger partial charge is 0.256 e. The lowest BCUT2D eigenvalue weighted by atomic mass is 10.0. The summed E-state index contributed by atoms with van der Waals surface area (Å²) in [4.78, 5) is 26.1. The zero-order valence-electron chi connectivity index (χ0n) is 18.6. The number of aliphatic hydroxyl groups is 1. The molecule has 2 aliphatic heterocycles. The summed E-state index contributed by atoms with van der Waals surface area (Å²) in [5, 5.41) is 11.1. The lowest BCUT2D eigenvalue weighted by Crippen LogP contribution is -2.56. The lowest BCUT2D eigenvalue weighted by molar-refractivity contribution is -0.150. The number of anilines is 1. The maximum atomic E-state index is 13.1. The third-order valence-corrected chi connectivity index (χ3v) is 6.17. The van der Waals surface area contributed by atoms with Gasteiger partial charge in [-0.2, -0.15) is 0 Å². The van der Waals surface area contributed by atoms with E-state index < -0.39 is 5.60 Å². The molecule has 0 bridgehead atoms. The van der Waals surface area contributed by atoms with Crippen molar-refractivity contribution in [2.24, 2.45) is 0 Å². The quantitative estimate of drug-likeness (QED) is 0.759. The van der Waals surface area contributed by atoms with E-state index in [1.807, 2.05) is 43.4 Å². The minimum absolute atomic E-state index is 0.128. The Morgan fingerprint density at radius 2 is 1.77 bits per heavy atom. The van der Waals surface area contributed by atoms with E-state index in [0.717, 1.165) is 38.5 Å². The molecule has 0 spiro atoms. The van der Waals surface area contributed by atoms with Crippen LogP contribution in [0.25, 0.3) is 0 Å². The monoisotopic (exact) mass is 423 g/mol. The molecule has 166 valence electrons. The van der Waals surface area contributed by atoms with Crippen molar-refractivity contribution in [3.8, 4) is 0 Å². The fourth-order valence-corrected chi connectivity index (χ4v) is 4.52. The Morgan fingerprint density at radius 3 is 2.42 bits per heavy atom. The first-order chi connectivity index (χ1) is 14.9. The number of rotatable bonds is 6. The van der Waals surface area contributed by atoms with Gasteiger partial charge in [-0.05, 0) is 37.7 Å². The molecule has 1 amide bonds. The van der Waals surface area contributed by atoms with Crippen LogP contribution in [0.1, 0.15) is 17.5 Å². The first-order valence-electron chi connectivity index (χ1n) is 11.1. The van der Waals surface area contributed by atoms with Crippen LogP contribution >= 0.6 is 0 Å². The van der Waals surface area contributed by atoms with E-state index in [2.05, 4.69) is 43.9 Å². The lowest BCUT2D eigenvalue weighted by Gasteiger charge is -2.38. The van der Waals surface area contributed by atoms with Gasteiger partial charge in [0, 0.05) is 58.6 Å². The Balaban J connectivity index is 1.30. The van der Waals surface area contributed by atoms with Crippen molar-refractivity contribution in [1.29, 1.82) is 0 Å². The molecule has 1 aromatic carbocycles. The Kier molecular flexibility index (Phi) is 6.55. The van der Waals surface area contributed by atoms with Gasteiger partial charge < -0.3 is 19.8 Å². The van der Waals surface area contributed by atoms with Crippen LogP contribution in [-0.4, -0.2) is 89.7 Å². The molecule has 0 saturated carbocycles. The number of benzene rings is 1. The van der Waals surface area contributed by atoms with Gasteiger partial charge in [-0.1, -0.05) is 36.4 Å². The number of piperazine rings is 1. The maximum absolute atomic E-state index is 13.1. The summed E-state index contributed by atoms with van der Waals surface area (Å²) in [6.45, 7) is 5.46. The number of β-amino-alcohol motifs (C(OH)–C–C–N with tert-alkyl or cyclic N) is 1. The normalized spacial score (nSPS) is 22.3. The second kappa shape index (κ2) is 9.34. The number of pyridine rings is 1. The molecule has 1 unspecified atom stereocenters. The van der Waals surface area contributed by atoms with Crippen molar-refractivity contribution in [3.05, 3.63) is 59.8 Å². The van der Waals surface area contributed by atoms with Crippen molar-refractivity contribution in [2.45, 2.75) is 25.1 Å². The average molecular weight is 424 g/mol. The summed E-state index contributed by atoms with van der Waals surface area (Å²) < 4.78 is 0. The molecule has 7 heteroatoms. The predicted octanol–water partition coefficient (Wildman–Crippen LogP) is 1.43. The van der Waals surface area contributed by atoms with E-state index in [1.54, 1.807) is 0 Å². The summed E-state index contributed by atoms with van der Waals surface area (Å²) in [6.07, 6.45) is 2.42. The number of carbonyl (C=O) groups is 1. The van der Waals surface area contributed by atoms with Crippen LogP contribution in [0.5, 0.6) is 0 Å². The average Bonchev–Trinajstić information content (AvgIpc) is 3.16. The molecule has 2 saturated heterocycles. The molecular formula is C24H33N5O2. The van der Waals surface area contributed by atoms with Gasteiger partial charge in [0.15, 0.2) is 5.60 Å². The van der Waals surface area contributed by atoms with Gasteiger partial charge in [0.1, 0.15) is 5.82 Å². The summed E-state index contributed by atoms with van der Waals surface area (Å²) >= 11 is 0. The molecule has 0 radical (unpaired) electrons. The third-order valence-electron chi connectivity index (χ3n) is 6.17. The summed E-state index contributed by atoms with van der Waals surface area (Å²) in [5.74, 6) is 0.820. The first-order valence-corrected chi connectivity index (χ1v) is 11.1. The van der Waals surface area contributed by atoms with Crippen LogP contribution < -0.4 is 4.90 Å². The van der Waals surface area contributed by atoms with E-state index >= 15 is 0 Å². The summed E-state index contributed by atoms with van der Waals surface area (Å²) in [5.41, 5.74) is 1.12. The van der Waals surface area contributed by atoms with E-state index in [4.69, 9.17) is 0 Å². The minimum Gasteiger partial charge on any atom is -0.379 e. The highest BCUT2D eigenvalue weighted by Gasteiger charge is 2.45. The molecule has 1 atom stereocenters. The third kappa shape index (κ3) is 5.23. The van der Waals surface area contributed by atoms with Gasteiger partial charge in [-0.3, -0.25) is 9.69 Å².